The lowest BCUT2D eigenvalue weighted by molar-refractivity contribution is 0.0713. The van der Waals surface area contributed by atoms with Crippen molar-refractivity contribution in [3.63, 3.8) is 0 Å². The summed E-state index contributed by atoms with van der Waals surface area (Å²) in [5.74, 6) is 0.466. The number of carbonyl (C=O) groups excluding carboxylic acids is 1. The minimum atomic E-state index is -3.39. The fourth-order valence-corrected chi connectivity index (χ4v) is 4.78. The molecule has 4 rings (SSSR count). The number of benzene rings is 2. The molecule has 0 radical (unpaired) electrons. The highest BCUT2D eigenvalue weighted by atomic mass is 32.2. The van der Waals surface area contributed by atoms with Crippen LogP contribution in [0.1, 0.15) is 33.3 Å². The SMILES string of the molecule is COc1ccc(C(=O)N2N=C(c3cccc(NS(C)(=O)=O)c3)C[C@H]2c2cccs2)cc1. The van der Waals surface area contributed by atoms with Gasteiger partial charge in [-0.2, -0.15) is 5.10 Å². The van der Waals surface area contributed by atoms with Gasteiger partial charge in [-0.15, -0.1) is 11.3 Å². The van der Waals surface area contributed by atoms with Crippen LogP contribution in [0.15, 0.2) is 71.1 Å². The van der Waals surface area contributed by atoms with Crippen LogP contribution in [-0.4, -0.2) is 38.4 Å². The van der Waals surface area contributed by atoms with E-state index in [9.17, 15) is 13.2 Å². The van der Waals surface area contributed by atoms with Crippen LogP contribution in [0.3, 0.4) is 0 Å². The molecule has 31 heavy (non-hydrogen) atoms. The van der Waals surface area contributed by atoms with Crippen LogP contribution in [0.5, 0.6) is 5.75 Å². The Hall–Kier alpha value is -3.17. The first kappa shape index (κ1) is 21.1. The first-order chi connectivity index (χ1) is 14.8. The number of nitrogens with one attached hydrogen (secondary N) is 1. The summed E-state index contributed by atoms with van der Waals surface area (Å²) in [5.41, 5.74) is 2.45. The van der Waals surface area contributed by atoms with Gasteiger partial charge in [-0.05, 0) is 53.4 Å². The lowest BCUT2D eigenvalue weighted by Crippen LogP contribution is -2.26. The van der Waals surface area contributed by atoms with Crippen molar-refractivity contribution < 1.29 is 17.9 Å². The monoisotopic (exact) mass is 455 g/mol. The molecule has 1 aliphatic heterocycles. The summed E-state index contributed by atoms with van der Waals surface area (Å²) in [4.78, 5) is 14.3. The van der Waals surface area contributed by atoms with Gasteiger partial charge in [-0.3, -0.25) is 9.52 Å². The van der Waals surface area contributed by atoms with E-state index in [1.807, 2.05) is 23.6 Å². The van der Waals surface area contributed by atoms with Crippen molar-refractivity contribution in [2.45, 2.75) is 12.5 Å². The predicted octanol–water partition coefficient (Wildman–Crippen LogP) is 4.12. The van der Waals surface area contributed by atoms with Gasteiger partial charge in [-0.1, -0.05) is 18.2 Å². The summed E-state index contributed by atoms with van der Waals surface area (Å²) < 4.78 is 30.8. The zero-order chi connectivity index (χ0) is 22.0. The van der Waals surface area contributed by atoms with E-state index in [-0.39, 0.29) is 11.9 Å². The highest BCUT2D eigenvalue weighted by Gasteiger charge is 2.34. The van der Waals surface area contributed by atoms with Gasteiger partial charge in [0.05, 0.1) is 25.1 Å². The minimum absolute atomic E-state index is 0.207. The van der Waals surface area contributed by atoms with Gasteiger partial charge in [0.25, 0.3) is 5.91 Å². The second-order valence-electron chi connectivity index (χ2n) is 7.12. The van der Waals surface area contributed by atoms with Crippen molar-refractivity contribution in [1.82, 2.24) is 5.01 Å². The topological polar surface area (TPSA) is 88.1 Å². The maximum atomic E-state index is 13.3. The molecule has 2 heterocycles. The molecule has 1 N–H and O–H groups in total. The van der Waals surface area contributed by atoms with Gasteiger partial charge in [0.1, 0.15) is 5.75 Å². The first-order valence-electron chi connectivity index (χ1n) is 9.51. The molecular weight excluding hydrogens is 434 g/mol. The third-order valence-corrected chi connectivity index (χ3v) is 6.41. The molecule has 1 aliphatic rings. The van der Waals surface area contributed by atoms with Crippen molar-refractivity contribution in [1.29, 1.82) is 0 Å². The third-order valence-electron chi connectivity index (χ3n) is 4.83. The summed E-state index contributed by atoms with van der Waals surface area (Å²) in [7, 11) is -1.82. The molecule has 0 aliphatic carbocycles. The van der Waals surface area contributed by atoms with E-state index in [0.29, 0.717) is 23.4 Å². The van der Waals surface area contributed by atoms with Gasteiger partial charge >= 0.3 is 0 Å². The molecule has 1 aromatic heterocycles. The van der Waals surface area contributed by atoms with Gasteiger partial charge in [0.2, 0.25) is 10.0 Å². The maximum Gasteiger partial charge on any atom is 0.274 e. The number of carbonyl (C=O) groups is 1. The van der Waals surface area contributed by atoms with Crippen molar-refractivity contribution in [2.24, 2.45) is 5.10 Å². The van der Waals surface area contributed by atoms with E-state index in [1.165, 1.54) is 5.01 Å². The molecule has 0 spiro atoms. The zero-order valence-electron chi connectivity index (χ0n) is 17.0. The van der Waals surface area contributed by atoms with Crippen LogP contribution in [0.2, 0.25) is 0 Å². The number of hydrazone groups is 1. The Morgan fingerprint density at radius 2 is 1.94 bits per heavy atom. The lowest BCUT2D eigenvalue weighted by Gasteiger charge is -2.20. The second kappa shape index (κ2) is 8.52. The van der Waals surface area contributed by atoms with E-state index >= 15 is 0 Å². The Labute approximate surface area is 185 Å². The summed E-state index contributed by atoms with van der Waals surface area (Å²) in [6.45, 7) is 0. The molecule has 160 valence electrons. The fourth-order valence-electron chi connectivity index (χ4n) is 3.42. The van der Waals surface area contributed by atoms with E-state index in [0.717, 1.165) is 22.4 Å². The van der Waals surface area contributed by atoms with E-state index in [1.54, 1.807) is 60.9 Å². The highest BCUT2D eigenvalue weighted by Crippen LogP contribution is 2.36. The molecular formula is C22H21N3O4S2. The molecule has 0 saturated carbocycles. The third kappa shape index (κ3) is 4.78. The van der Waals surface area contributed by atoms with Crippen molar-refractivity contribution >= 4 is 38.7 Å². The second-order valence-corrected chi connectivity index (χ2v) is 9.84. The molecule has 0 bridgehead atoms. The number of anilines is 1. The molecule has 1 amide bonds. The number of methoxy groups -OCH3 is 1. The van der Waals surface area contributed by atoms with Crippen LogP contribution in [0.25, 0.3) is 0 Å². The molecule has 9 heteroatoms. The number of hydrogen-bond acceptors (Lipinski definition) is 6. The van der Waals surface area contributed by atoms with Crippen LogP contribution in [0, 0.1) is 0 Å². The number of amides is 1. The molecule has 3 aromatic rings. The summed E-state index contributed by atoms with van der Waals surface area (Å²) >= 11 is 1.57. The van der Waals surface area contributed by atoms with E-state index < -0.39 is 10.0 Å². The number of rotatable bonds is 6. The van der Waals surface area contributed by atoms with Gasteiger partial charge in [-0.25, -0.2) is 13.4 Å². The molecule has 0 saturated heterocycles. The van der Waals surface area contributed by atoms with Gasteiger partial charge in [0.15, 0.2) is 0 Å². The van der Waals surface area contributed by atoms with Crippen LogP contribution < -0.4 is 9.46 Å². The Morgan fingerprint density at radius 3 is 2.58 bits per heavy atom. The average molecular weight is 456 g/mol. The Bertz CT molecular complexity index is 1220. The molecule has 7 nitrogen and oxygen atoms in total. The van der Waals surface area contributed by atoms with Crippen LogP contribution in [0.4, 0.5) is 5.69 Å². The predicted molar refractivity (Wildman–Crippen MR) is 122 cm³/mol. The quantitative estimate of drug-likeness (QED) is 0.606. The number of ether oxygens (including phenoxy) is 1. The highest BCUT2D eigenvalue weighted by molar-refractivity contribution is 7.92. The van der Waals surface area contributed by atoms with E-state index in [4.69, 9.17) is 4.74 Å². The zero-order valence-corrected chi connectivity index (χ0v) is 18.6. The fraction of sp³-hybridized carbons (Fsp3) is 0.182. The van der Waals surface area contributed by atoms with Crippen molar-refractivity contribution in [3.05, 3.63) is 82.0 Å². The largest absolute Gasteiger partial charge is 0.497 e. The average Bonchev–Trinajstić information content (AvgIpc) is 3.42. The van der Waals surface area contributed by atoms with Crippen LogP contribution >= 0.6 is 11.3 Å². The Kier molecular flexibility index (Phi) is 5.79. The number of hydrogen-bond donors (Lipinski definition) is 1. The first-order valence-corrected chi connectivity index (χ1v) is 12.3. The number of thiophene rings is 1. The molecule has 0 fully saturated rings. The number of nitrogens with zero attached hydrogens (tertiary/aromatic N) is 2. The van der Waals surface area contributed by atoms with Gasteiger partial charge < -0.3 is 4.74 Å². The lowest BCUT2D eigenvalue weighted by atomic mass is 10.0. The van der Waals surface area contributed by atoms with Crippen molar-refractivity contribution in [2.75, 3.05) is 18.1 Å². The Balaban J connectivity index is 1.68. The maximum absolute atomic E-state index is 13.3. The van der Waals surface area contributed by atoms with E-state index in [2.05, 4.69) is 9.82 Å². The standard InChI is InChI=1S/C22H21N3O4S2/c1-29-18-10-8-15(9-11-18)22(26)25-20(21-7-4-12-30-21)14-19(23-25)16-5-3-6-17(13-16)24-31(2,27)28/h3-13,20,24H,14H2,1-2H3/t20-/m0/s1. The summed E-state index contributed by atoms with van der Waals surface area (Å²) in [6.07, 6.45) is 1.64. The smallest absolute Gasteiger partial charge is 0.274 e. The molecule has 1 atom stereocenters. The summed E-state index contributed by atoms with van der Waals surface area (Å²) in [5, 5.41) is 8.14. The summed E-state index contributed by atoms with van der Waals surface area (Å²) in [6, 6.07) is 17.7. The molecule has 2 aromatic carbocycles. The Morgan fingerprint density at radius 1 is 1.16 bits per heavy atom. The van der Waals surface area contributed by atoms with Crippen molar-refractivity contribution in [3.8, 4) is 5.75 Å². The normalized spacial score (nSPS) is 16.1. The minimum Gasteiger partial charge on any atom is -0.497 e. The number of sulfonamides is 1. The molecule has 0 unspecified atom stereocenters. The van der Waals surface area contributed by atoms with Crippen LogP contribution in [-0.2, 0) is 10.0 Å². The van der Waals surface area contributed by atoms with Gasteiger partial charge in [0, 0.05) is 22.5 Å².